The Morgan fingerprint density at radius 1 is 1.39 bits per heavy atom. The van der Waals surface area contributed by atoms with E-state index in [1.54, 1.807) is 0 Å². The van der Waals surface area contributed by atoms with Crippen molar-refractivity contribution in [2.45, 2.75) is 39.4 Å². The highest BCUT2D eigenvalue weighted by molar-refractivity contribution is 5.25. The summed E-state index contributed by atoms with van der Waals surface area (Å²) >= 11 is 0. The Balaban J connectivity index is 2.77. The summed E-state index contributed by atoms with van der Waals surface area (Å²) in [5, 5.41) is 9.24. The summed E-state index contributed by atoms with van der Waals surface area (Å²) in [5.41, 5.74) is 1.84. The van der Waals surface area contributed by atoms with E-state index >= 15 is 0 Å². The minimum atomic E-state index is 0.0255. The predicted octanol–water partition coefficient (Wildman–Crippen LogP) is 1.86. The van der Waals surface area contributed by atoms with E-state index in [4.69, 9.17) is 4.74 Å². The molecule has 4 heteroatoms. The molecular formula is C14H24N2O2. The Morgan fingerprint density at radius 2 is 2.11 bits per heavy atom. The van der Waals surface area contributed by atoms with Crippen LogP contribution in [0.15, 0.2) is 12.1 Å². The van der Waals surface area contributed by atoms with Crippen molar-refractivity contribution in [2.75, 3.05) is 20.6 Å². The number of aliphatic hydroxyl groups excluding tert-OH is 1. The Hall–Kier alpha value is -1.13. The molecule has 0 bridgehead atoms. The van der Waals surface area contributed by atoms with Crippen LogP contribution in [0.1, 0.15) is 31.5 Å². The number of pyridine rings is 1. The quantitative estimate of drug-likeness (QED) is 0.804. The molecule has 102 valence electrons. The van der Waals surface area contributed by atoms with Gasteiger partial charge < -0.3 is 14.7 Å². The molecule has 1 N–H and O–H groups in total. The lowest BCUT2D eigenvalue weighted by molar-refractivity contribution is 0.169. The van der Waals surface area contributed by atoms with Crippen LogP contribution in [-0.2, 0) is 13.0 Å². The van der Waals surface area contributed by atoms with Gasteiger partial charge in [0.05, 0.1) is 6.61 Å². The largest absolute Gasteiger partial charge is 0.473 e. The van der Waals surface area contributed by atoms with Gasteiger partial charge in [0, 0.05) is 18.3 Å². The fraction of sp³-hybridized carbons (Fsp3) is 0.643. The minimum Gasteiger partial charge on any atom is -0.473 e. The molecule has 4 nitrogen and oxygen atoms in total. The van der Waals surface area contributed by atoms with E-state index in [0.717, 1.165) is 30.6 Å². The molecule has 0 amide bonds. The van der Waals surface area contributed by atoms with Gasteiger partial charge in [-0.05, 0) is 39.1 Å². The Morgan fingerprint density at radius 3 is 2.67 bits per heavy atom. The van der Waals surface area contributed by atoms with E-state index in [0.29, 0.717) is 5.88 Å². The van der Waals surface area contributed by atoms with Crippen LogP contribution in [0.3, 0.4) is 0 Å². The first kappa shape index (κ1) is 14.9. The topological polar surface area (TPSA) is 45.6 Å². The smallest absolute Gasteiger partial charge is 0.214 e. The lowest BCUT2D eigenvalue weighted by Gasteiger charge is -2.18. The maximum atomic E-state index is 9.24. The van der Waals surface area contributed by atoms with Gasteiger partial charge in [0.2, 0.25) is 5.88 Å². The van der Waals surface area contributed by atoms with Crippen molar-refractivity contribution in [3.05, 3.63) is 23.4 Å². The third-order valence-corrected chi connectivity index (χ3v) is 2.55. The number of hydrogen-bond acceptors (Lipinski definition) is 4. The van der Waals surface area contributed by atoms with Crippen molar-refractivity contribution in [1.82, 2.24) is 9.88 Å². The van der Waals surface area contributed by atoms with Gasteiger partial charge in [0.15, 0.2) is 0 Å². The molecule has 1 aromatic heterocycles. The Labute approximate surface area is 110 Å². The second-order valence-corrected chi connectivity index (χ2v) is 4.90. The second-order valence-electron chi connectivity index (χ2n) is 4.90. The zero-order valence-corrected chi connectivity index (χ0v) is 11.8. The summed E-state index contributed by atoms with van der Waals surface area (Å²) in [6.45, 7) is 5.00. The highest BCUT2D eigenvalue weighted by Gasteiger charge is 2.08. The first-order chi connectivity index (χ1) is 8.55. The van der Waals surface area contributed by atoms with Crippen molar-refractivity contribution < 1.29 is 9.84 Å². The highest BCUT2D eigenvalue weighted by Crippen LogP contribution is 2.15. The number of rotatable bonds is 7. The van der Waals surface area contributed by atoms with Gasteiger partial charge in [-0.2, -0.15) is 0 Å². The molecule has 1 aromatic rings. The number of hydrogen-bond donors (Lipinski definition) is 1. The summed E-state index contributed by atoms with van der Waals surface area (Å²) in [7, 11) is 4.03. The molecule has 0 aliphatic heterocycles. The molecule has 0 aliphatic rings. The van der Waals surface area contributed by atoms with Gasteiger partial charge in [-0.1, -0.05) is 13.3 Å². The van der Waals surface area contributed by atoms with Crippen molar-refractivity contribution in [1.29, 1.82) is 0 Å². The number of aromatic nitrogens is 1. The van der Waals surface area contributed by atoms with Gasteiger partial charge in [-0.25, -0.2) is 4.98 Å². The monoisotopic (exact) mass is 252 g/mol. The van der Waals surface area contributed by atoms with Gasteiger partial charge in [-0.3, -0.25) is 0 Å². The van der Waals surface area contributed by atoms with E-state index < -0.39 is 0 Å². The Bertz CT molecular complexity index is 367. The zero-order chi connectivity index (χ0) is 13.5. The van der Waals surface area contributed by atoms with Gasteiger partial charge in [0.25, 0.3) is 0 Å². The average molecular weight is 252 g/mol. The third-order valence-electron chi connectivity index (χ3n) is 2.55. The van der Waals surface area contributed by atoms with Crippen LogP contribution in [0.2, 0.25) is 0 Å². The van der Waals surface area contributed by atoms with Crippen LogP contribution in [0.5, 0.6) is 5.88 Å². The summed E-state index contributed by atoms with van der Waals surface area (Å²) < 4.78 is 5.79. The number of aryl methyl sites for hydroxylation is 1. The lowest BCUT2D eigenvalue weighted by atomic mass is 10.2. The summed E-state index contributed by atoms with van der Waals surface area (Å²) in [5.74, 6) is 0.611. The van der Waals surface area contributed by atoms with Crippen LogP contribution < -0.4 is 4.74 Å². The van der Waals surface area contributed by atoms with Crippen molar-refractivity contribution >= 4 is 0 Å². The van der Waals surface area contributed by atoms with Gasteiger partial charge in [-0.15, -0.1) is 0 Å². The minimum absolute atomic E-state index is 0.0255. The highest BCUT2D eigenvalue weighted by atomic mass is 16.5. The molecule has 18 heavy (non-hydrogen) atoms. The summed E-state index contributed by atoms with van der Waals surface area (Å²) in [6, 6.07) is 3.75. The molecule has 1 atom stereocenters. The molecule has 0 aliphatic carbocycles. The van der Waals surface area contributed by atoms with Crippen LogP contribution in [0.25, 0.3) is 0 Å². The molecule has 0 saturated carbocycles. The van der Waals surface area contributed by atoms with Crippen molar-refractivity contribution in [3.63, 3.8) is 0 Å². The van der Waals surface area contributed by atoms with E-state index in [9.17, 15) is 5.11 Å². The normalized spacial score (nSPS) is 12.8. The van der Waals surface area contributed by atoms with E-state index in [1.165, 1.54) is 0 Å². The number of nitrogens with zero attached hydrogens (tertiary/aromatic N) is 2. The maximum absolute atomic E-state index is 9.24. The van der Waals surface area contributed by atoms with Crippen LogP contribution >= 0.6 is 0 Å². The summed E-state index contributed by atoms with van der Waals surface area (Å²) in [4.78, 5) is 6.54. The zero-order valence-electron chi connectivity index (χ0n) is 11.8. The fourth-order valence-electron chi connectivity index (χ4n) is 1.91. The van der Waals surface area contributed by atoms with Crippen molar-refractivity contribution in [2.24, 2.45) is 0 Å². The number of ether oxygens (including phenoxy) is 1. The molecule has 1 rings (SSSR count). The second kappa shape index (κ2) is 7.34. The first-order valence-corrected chi connectivity index (χ1v) is 6.47. The molecular weight excluding hydrogens is 228 g/mol. The Kier molecular flexibility index (Phi) is 6.09. The molecule has 0 spiro atoms. The van der Waals surface area contributed by atoms with E-state index in [2.05, 4.69) is 16.8 Å². The molecule has 0 aromatic carbocycles. The molecule has 1 unspecified atom stereocenters. The average Bonchev–Trinajstić information content (AvgIpc) is 2.27. The summed E-state index contributed by atoms with van der Waals surface area (Å²) in [6.07, 6.45) is 2.02. The van der Waals surface area contributed by atoms with Crippen LogP contribution in [-0.4, -0.2) is 41.7 Å². The first-order valence-electron chi connectivity index (χ1n) is 6.47. The van der Waals surface area contributed by atoms with Crippen LogP contribution in [0, 0.1) is 0 Å². The van der Waals surface area contributed by atoms with Gasteiger partial charge >= 0.3 is 0 Å². The van der Waals surface area contributed by atoms with E-state index in [-0.39, 0.29) is 12.7 Å². The van der Waals surface area contributed by atoms with Gasteiger partial charge in [0.1, 0.15) is 6.10 Å². The fourth-order valence-corrected chi connectivity index (χ4v) is 1.91. The SMILES string of the molecule is CCCc1cc(CO)cc(OC(C)CN(C)C)n1. The number of likely N-dealkylation sites (N-methyl/N-ethyl adjacent to an activating group) is 1. The lowest BCUT2D eigenvalue weighted by Crippen LogP contribution is -2.28. The molecule has 0 radical (unpaired) electrons. The number of aliphatic hydroxyl groups is 1. The maximum Gasteiger partial charge on any atom is 0.214 e. The molecule has 0 fully saturated rings. The molecule has 1 heterocycles. The van der Waals surface area contributed by atoms with Crippen LogP contribution in [0.4, 0.5) is 0 Å². The van der Waals surface area contributed by atoms with Crippen molar-refractivity contribution in [3.8, 4) is 5.88 Å². The predicted molar refractivity (Wildman–Crippen MR) is 72.8 cm³/mol. The third kappa shape index (κ3) is 5.02. The standard InChI is InChI=1S/C14H24N2O2/c1-5-6-13-7-12(10-17)8-14(15-13)18-11(2)9-16(3)4/h7-8,11,17H,5-6,9-10H2,1-4H3. The molecule has 0 saturated heterocycles. The van der Waals surface area contributed by atoms with E-state index in [1.807, 2.05) is 33.2 Å².